The number of amides is 3. The number of carbonyl (C=O) groups is 3. The maximum Gasteiger partial charge on any atom is 0.262 e. The van der Waals surface area contributed by atoms with Gasteiger partial charge in [0.05, 0.1) is 4.88 Å². The fourth-order valence-electron chi connectivity index (χ4n) is 4.23. The first-order valence-corrected chi connectivity index (χ1v) is 11.8. The van der Waals surface area contributed by atoms with E-state index in [9.17, 15) is 14.4 Å². The molecule has 29 heavy (non-hydrogen) atoms. The highest BCUT2D eigenvalue weighted by Gasteiger charge is 2.34. The molecule has 6 nitrogen and oxygen atoms in total. The lowest BCUT2D eigenvalue weighted by Crippen LogP contribution is -2.53. The normalized spacial score (nSPS) is 19.7. The van der Waals surface area contributed by atoms with Crippen molar-refractivity contribution in [3.05, 3.63) is 22.4 Å². The molecular weight excluding hydrogens is 386 g/mol. The van der Waals surface area contributed by atoms with Gasteiger partial charge in [0.2, 0.25) is 11.8 Å². The molecule has 1 aromatic heterocycles. The molecule has 0 saturated carbocycles. The Morgan fingerprint density at radius 2 is 1.66 bits per heavy atom. The van der Waals surface area contributed by atoms with Crippen molar-refractivity contribution in [1.82, 2.24) is 15.1 Å². The summed E-state index contributed by atoms with van der Waals surface area (Å²) in [6.45, 7) is 6.83. The molecule has 0 radical (unpaired) electrons. The first kappa shape index (κ1) is 21.8. The van der Waals surface area contributed by atoms with Crippen LogP contribution in [0, 0.1) is 11.8 Å². The molecule has 2 saturated heterocycles. The third-order valence-electron chi connectivity index (χ3n) is 6.04. The van der Waals surface area contributed by atoms with Gasteiger partial charge in [0.1, 0.15) is 6.04 Å². The number of hydrogen-bond acceptors (Lipinski definition) is 4. The Hall–Kier alpha value is -1.89. The number of thiophene rings is 1. The molecule has 2 aliphatic rings. The van der Waals surface area contributed by atoms with Crippen LogP contribution in [0.3, 0.4) is 0 Å². The number of hydrogen-bond donors (Lipinski definition) is 1. The van der Waals surface area contributed by atoms with Crippen LogP contribution in [0.1, 0.15) is 62.0 Å². The Kier molecular flexibility index (Phi) is 7.70. The highest BCUT2D eigenvalue weighted by molar-refractivity contribution is 7.12. The maximum atomic E-state index is 13.1. The summed E-state index contributed by atoms with van der Waals surface area (Å²) in [7, 11) is 0. The van der Waals surface area contributed by atoms with Crippen LogP contribution in [0.15, 0.2) is 17.5 Å². The van der Waals surface area contributed by atoms with Crippen molar-refractivity contribution in [1.29, 1.82) is 0 Å². The monoisotopic (exact) mass is 419 g/mol. The van der Waals surface area contributed by atoms with E-state index in [1.54, 1.807) is 6.07 Å². The summed E-state index contributed by atoms with van der Waals surface area (Å²) >= 11 is 1.37. The lowest BCUT2D eigenvalue weighted by atomic mass is 9.93. The third kappa shape index (κ3) is 5.59. The van der Waals surface area contributed by atoms with Crippen molar-refractivity contribution in [3.63, 3.8) is 0 Å². The SMILES string of the molecule is CC(C)C(NC(=O)c1cccs1)C(=O)N1CCC(C(=O)N2CCCCCC2)CC1. The van der Waals surface area contributed by atoms with Crippen LogP contribution in [0.2, 0.25) is 0 Å². The van der Waals surface area contributed by atoms with Crippen LogP contribution in [0.25, 0.3) is 0 Å². The number of nitrogens with zero attached hydrogens (tertiary/aromatic N) is 2. The quantitative estimate of drug-likeness (QED) is 0.797. The van der Waals surface area contributed by atoms with Crippen LogP contribution in [0.5, 0.6) is 0 Å². The van der Waals surface area contributed by atoms with Gasteiger partial charge in [-0.25, -0.2) is 0 Å². The third-order valence-corrected chi connectivity index (χ3v) is 6.91. The number of rotatable bonds is 5. The maximum absolute atomic E-state index is 13.1. The molecule has 1 N–H and O–H groups in total. The second kappa shape index (κ2) is 10.2. The summed E-state index contributed by atoms with van der Waals surface area (Å²) in [6, 6.07) is 3.06. The smallest absolute Gasteiger partial charge is 0.262 e. The highest BCUT2D eigenvalue weighted by atomic mass is 32.1. The predicted molar refractivity (Wildman–Crippen MR) is 115 cm³/mol. The van der Waals surface area contributed by atoms with E-state index in [1.807, 2.05) is 35.1 Å². The summed E-state index contributed by atoms with van der Waals surface area (Å²) < 4.78 is 0. The van der Waals surface area contributed by atoms with E-state index in [2.05, 4.69) is 5.32 Å². The van der Waals surface area contributed by atoms with E-state index in [0.29, 0.717) is 30.8 Å². The minimum atomic E-state index is -0.539. The molecule has 2 aliphatic heterocycles. The first-order valence-electron chi connectivity index (χ1n) is 10.9. The van der Waals surface area contributed by atoms with Gasteiger partial charge in [-0.3, -0.25) is 14.4 Å². The zero-order valence-corrected chi connectivity index (χ0v) is 18.4. The largest absolute Gasteiger partial charge is 0.342 e. The Morgan fingerprint density at radius 1 is 1.00 bits per heavy atom. The van der Waals surface area contributed by atoms with Crippen LogP contribution in [0.4, 0.5) is 0 Å². The number of carbonyl (C=O) groups excluding carboxylic acids is 3. The van der Waals surface area contributed by atoms with Crippen LogP contribution < -0.4 is 5.32 Å². The van der Waals surface area contributed by atoms with Gasteiger partial charge in [0.25, 0.3) is 5.91 Å². The van der Waals surface area contributed by atoms with E-state index in [0.717, 1.165) is 25.9 Å². The van der Waals surface area contributed by atoms with Crippen LogP contribution in [-0.2, 0) is 9.59 Å². The van der Waals surface area contributed by atoms with Crippen molar-refractivity contribution >= 4 is 29.1 Å². The fraction of sp³-hybridized carbons (Fsp3) is 0.682. The lowest BCUT2D eigenvalue weighted by Gasteiger charge is -2.36. The van der Waals surface area contributed by atoms with Gasteiger partial charge in [-0.1, -0.05) is 32.8 Å². The summed E-state index contributed by atoms with van der Waals surface area (Å²) in [5.41, 5.74) is 0. The summed E-state index contributed by atoms with van der Waals surface area (Å²) in [5, 5.41) is 4.77. The van der Waals surface area contributed by atoms with Gasteiger partial charge in [-0.2, -0.15) is 0 Å². The molecule has 3 rings (SSSR count). The number of nitrogens with one attached hydrogen (secondary N) is 1. The fourth-order valence-corrected chi connectivity index (χ4v) is 4.85. The summed E-state index contributed by atoms with van der Waals surface area (Å²) in [6.07, 6.45) is 6.05. The van der Waals surface area contributed by atoms with Crippen molar-refractivity contribution in [2.24, 2.45) is 11.8 Å². The van der Waals surface area contributed by atoms with Gasteiger partial charge in [-0.15, -0.1) is 11.3 Å². The van der Waals surface area contributed by atoms with E-state index >= 15 is 0 Å². The van der Waals surface area contributed by atoms with Gasteiger partial charge >= 0.3 is 0 Å². The first-order chi connectivity index (χ1) is 14.0. The topological polar surface area (TPSA) is 69.7 Å². The average molecular weight is 420 g/mol. The van der Waals surface area contributed by atoms with E-state index in [1.165, 1.54) is 24.2 Å². The zero-order valence-electron chi connectivity index (χ0n) is 17.6. The van der Waals surface area contributed by atoms with Crippen molar-refractivity contribution < 1.29 is 14.4 Å². The van der Waals surface area contributed by atoms with E-state index in [-0.39, 0.29) is 29.6 Å². The molecule has 0 aliphatic carbocycles. The average Bonchev–Trinajstić information content (AvgIpc) is 3.13. The Bertz CT molecular complexity index is 688. The molecule has 160 valence electrons. The second-order valence-electron chi connectivity index (χ2n) is 8.51. The van der Waals surface area contributed by atoms with Crippen molar-refractivity contribution in [2.75, 3.05) is 26.2 Å². The molecule has 3 heterocycles. The molecule has 1 atom stereocenters. The highest BCUT2D eigenvalue weighted by Crippen LogP contribution is 2.23. The minimum Gasteiger partial charge on any atom is -0.342 e. The van der Waals surface area contributed by atoms with Gasteiger partial charge in [-0.05, 0) is 43.0 Å². The minimum absolute atomic E-state index is 0.00266. The predicted octanol–water partition coefficient (Wildman–Crippen LogP) is 3.14. The molecule has 3 amide bonds. The molecule has 0 aromatic carbocycles. The molecule has 0 bridgehead atoms. The van der Waals surface area contributed by atoms with Crippen molar-refractivity contribution in [3.8, 4) is 0 Å². The molecular formula is C22H33N3O3S. The molecule has 7 heteroatoms. The molecule has 2 fully saturated rings. The molecule has 1 unspecified atom stereocenters. The Labute approximate surface area is 177 Å². The summed E-state index contributed by atoms with van der Waals surface area (Å²) in [4.78, 5) is 42.9. The van der Waals surface area contributed by atoms with Crippen LogP contribution >= 0.6 is 11.3 Å². The lowest BCUT2D eigenvalue weighted by molar-refractivity contribution is -0.142. The molecule has 0 spiro atoms. The van der Waals surface area contributed by atoms with Gasteiger partial charge in [0.15, 0.2) is 0 Å². The van der Waals surface area contributed by atoms with Crippen LogP contribution in [-0.4, -0.2) is 59.7 Å². The Morgan fingerprint density at radius 3 is 2.21 bits per heavy atom. The Balaban J connectivity index is 1.54. The molecule has 1 aromatic rings. The number of piperidine rings is 1. The second-order valence-corrected chi connectivity index (χ2v) is 9.46. The summed E-state index contributed by atoms with van der Waals surface area (Å²) in [5.74, 6) is 0.0625. The standard InChI is InChI=1S/C22H33N3O3S/c1-16(2)19(23-20(26)18-8-7-15-29-18)22(28)25-13-9-17(10-14-25)21(27)24-11-5-3-4-6-12-24/h7-8,15-17,19H,3-6,9-14H2,1-2H3,(H,23,26). The van der Waals surface area contributed by atoms with Crippen molar-refractivity contribution in [2.45, 2.75) is 58.4 Å². The van der Waals surface area contributed by atoms with Gasteiger partial charge in [0, 0.05) is 32.1 Å². The van der Waals surface area contributed by atoms with Gasteiger partial charge < -0.3 is 15.1 Å². The van der Waals surface area contributed by atoms with E-state index < -0.39 is 6.04 Å². The number of likely N-dealkylation sites (tertiary alicyclic amines) is 2. The zero-order chi connectivity index (χ0) is 20.8. The van der Waals surface area contributed by atoms with E-state index in [4.69, 9.17) is 0 Å².